The molecule has 0 spiro atoms. The molecule has 1 aromatic rings. The Morgan fingerprint density at radius 2 is 2.04 bits per heavy atom. The van der Waals surface area contributed by atoms with Gasteiger partial charge in [-0.15, -0.1) is 0 Å². The molecular weight excluding hydrogens is 290 g/mol. The third-order valence-corrected chi connectivity index (χ3v) is 2.87. The summed E-state index contributed by atoms with van der Waals surface area (Å²) < 4.78 is 10.1. The molecule has 0 bridgehead atoms. The Bertz CT molecular complexity index is 577. The van der Waals surface area contributed by atoms with Gasteiger partial charge in [-0.2, -0.15) is 0 Å². The molecule has 1 aromatic carbocycles. The van der Waals surface area contributed by atoms with Gasteiger partial charge >= 0.3 is 0 Å². The van der Waals surface area contributed by atoms with Crippen LogP contribution < -0.4 is 4.74 Å². The van der Waals surface area contributed by atoms with E-state index in [1.807, 2.05) is 25.3 Å². The second kappa shape index (κ2) is 9.24. The third-order valence-electron chi connectivity index (χ3n) is 2.87. The average Bonchev–Trinajstić information content (AvgIpc) is 2.45. The van der Waals surface area contributed by atoms with Crippen molar-refractivity contribution < 1.29 is 14.6 Å². The maximum atomic E-state index is 9.92. The van der Waals surface area contributed by atoms with Gasteiger partial charge in [-0.3, -0.25) is 4.90 Å². The fourth-order valence-corrected chi connectivity index (χ4v) is 1.83. The second-order valence-corrected chi connectivity index (χ2v) is 6.47. The van der Waals surface area contributed by atoms with Gasteiger partial charge in [0.15, 0.2) is 18.3 Å². The van der Waals surface area contributed by atoms with E-state index in [2.05, 4.69) is 37.5 Å². The van der Waals surface area contributed by atoms with E-state index in [0.29, 0.717) is 5.75 Å². The van der Waals surface area contributed by atoms with Crippen molar-refractivity contribution in [3.63, 3.8) is 0 Å². The number of nitrogens with zero attached hydrogens (tertiary/aromatic N) is 1. The lowest BCUT2D eigenvalue weighted by atomic mass is 9.98. The molecule has 0 unspecified atom stereocenters. The number of rotatable bonds is 7. The summed E-state index contributed by atoms with van der Waals surface area (Å²) in [7, 11) is 3.56. The number of aromatic hydroxyl groups is 1. The summed E-state index contributed by atoms with van der Waals surface area (Å²) in [5, 5.41) is 9.92. The largest absolute Gasteiger partial charge is 0.504 e. The number of hydrogen-bond donors (Lipinski definition) is 1. The fourth-order valence-electron chi connectivity index (χ4n) is 1.83. The Hall–Kier alpha value is -1.96. The van der Waals surface area contributed by atoms with E-state index >= 15 is 0 Å². The molecule has 0 amide bonds. The van der Waals surface area contributed by atoms with E-state index in [9.17, 15) is 5.11 Å². The van der Waals surface area contributed by atoms with Crippen molar-refractivity contribution in [2.45, 2.75) is 27.3 Å². The van der Waals surface area contributed by atoms with Crippen molar-refractivity contribution in [2.75, 3.05) is 27.5 Å². The van der Waals surface area contributed by atoms with E-state index in [0.717, 1.165) is 18.7 Å². The summed E-state index contributed by atoms with van der Waals surface area (Å²) in [6, 6.07) is 5.40. The van der Waals surface area contributed by atoms with Gasteiger partial charge in [0, 0.05) is 25.6 Å². The van der Waals surface area contributed by atoms with Crippen LogP contribution >= 0.6 is 0 Å². The van der Waals surface area contributed by atoms with Gasteiger partial charge in [0.25, 0.3) is 0 Å². The Kier molecular flexibility index (Phi) is 7.67. The SMILES string of the molecule is COCOc1ccc(CN(C)CC=CC#CC(C)(C)C)cc1O. The highest BCUT2D eigenvalue weighted by atomic mass is 16.7. The van der Waals surface area contributed by atoms with Crippen molar-refractivity contribution in [1.82, 2.24) is 4.90 Å². The summed E-state index contributed by atoms with van der Waals surface area (Å²) in [4.78, 5) is 2.14. The van der Waals surface area contributed by atoms with E-state index in [4.69, 9.17) is 9.47 Å². The predicted octanol–water partition coefficient (Wildman–Crippen LogP) is 3.41. The average molecular weight is 317 g/mol. The van der Waals surface area contributed by atoms with Crippen LogP contribution in [0.15, 0.2) is 30.4 Å². The molecule has 4 heteroatoms. The highest BCUT2D eigenvalue weighted by molar-refractivity contribution is 5.41. The Morgan fingerprint density at radius 1 is 1.30 bits per heavy atom. The fraction of sp³-hybridized carbons (Fsp3) is 0.474. The Morgan fingerprint density at radius 3 is 2.65 bits per heavy atom. The zero-order chi connectivity index (χ0) is 17.3. The van der Waals surface area contributed by atoms with E-state index in [1.165, 1.54) is 0 Å². The first-order chi connectivity index (χ1) is 10.8. The number of likely N-dealkylation sites (N-methyl/N-ethyl adjacent to an activating group) is 1. The van der Waals surface area contributed by atoms with Crippen LogP contribution in [0.4, 0.5) is 0 Å². The minimum Gasteiger partial charge on any atom is -0.504 e. The number of methoxy groups -OCH3 is 1. The molecule has 0 saturated heterocycles. The minimum atomic E-state index is 0.0282. The number of hydrogen-bond acceptors (Lipinski definition) is 4. The quantitative estimate of drug-likeness (QED) is 0.618. The first-order valence-electron chi connectivity index (χ1n) is 7.61. The molecule has 0 atom stereocenters. The summed E-state index contributed by atoms with van der Waals surface area (Å²) in [6.45, 7) is 7.91. The molecule has 0 fully saturated rings. The van der Waals surface area contributed by atoms with Gasteiger partial charge in [0.2, 0.25) is 0 Å². The monoisotopic (exact) mass is 317 g/mol. The van der Waals surface area contributed by atoms with Crippen LogP contribution in [0.5, 0.6) is 11.5 Å². The maximum Gasteiger partial charge on any atom is 0.188 e. The van der Waals surface area contributed by atoms with Gasteiger partial charge in [0.05, 0.1) is 0 Å². The van der Waals surface area contributed by atoms with E-state index < -0.39 is 0 Å². The van der Waals surface area contributed by atoms with Crippen LogP contribution in [-0.4, -0.2) is 37.5 Å². The van der Waals surface area contributed by atoms with Crippen LogP contribution in [0.2, 0.25) is 0 Å². The molecule has 0 aliphatic carbocycles. The first-order valence-corrected chi connectivity index (χ1v) is 7.61. The zero-order valence-electron chi connectivity index (χ0n) is 14.7. The van der Waals surface area contributed by atoms with Crippen LogP contribution in [0.25, 0.3) is 0 Å². The molecule has 0 heterocycles. The Balaban J connectivity index is 2.50. The van der Waals surface area contributed by atoms with Gasteiger partial charge in [0.1, 0.15) is 0 Å². The molecule has 23 heavy (non-hydrogen) atoms. The normalized spacial score (nSPS) is 11.6. The molecule has 126 valence electrons. The van der Waals surface area contributed by atoms with Crippen LogP contribution in [-0.2, 0) is 11.3 Å². The van der Waals surface area contributed by atoms with Crippen LogP contribution in [0.1, 0.15) is 26.3 Å². The minimum absolute atomic E-state index is 0.0282. The standard InChI is InChI=1S/C19H27NO3/c1-19(2,3)11-7-6-8-12-20(4)14-16-9-10-18(17(21)13-16)23-15-22-5/h6,8-10,13,21H,12,14-15H2,1-5H3. The highest BCUT2D eigenvalue weighted by Gasteiger charge is 2.05. The summed E-state index contributed by atoms with van der Waals surface area (Å²) in [6.07, 6.45) is 3.93. The number of phenolic OH excluding ortho intramolecular Hbond substituents is 1. The predicted molar refractivity (Wildman–Crippen MR) is 93.3 cm³/mol. The lowest BCUT2D eigenvalue weighted by molar-refractivity contribution is 0.0492. The summed E-state index contributed by atoms with van der Waals surface area (Å²) in [5.74, 6) is 6.77. The number of phenols is 1. The summed E-state index contributed by atoms with van der Waals surface area (Å²) >= 11 is 0. The van der Waals surface area contributed by atoms with Gasteiger partial charge in [-0.25, -0.2) is 0 Å². The lowest BCUT2D eigenvalue weighted by Gasteiger charge is -2.15. The van der Waals surface area contributed by atoms with Crippen molar-refractivity contribution in [2.24, 2.45) is 5.41 Å². The molecule has 0 aliphatic rings. The van der Waals surface area contributed by atoms with E-state index in [-0.39, 0.29) is 18.0 Å². The van der Waals surface area contributed by atoms with Crippen LogP contribution in [0, 0.1) is 17.3 Å². The van der Waals surface area contributed by atoms with Crippen molar-refractivity contribution >= 4 is 0 Å². The van der Waals surface area contributed by atoms with Crippen molar-refractivity contribution in [3.05, 3.63) is 35.9 Å². The molecule has 1 N–H and O–H groups in total. The van der Waals surface area contributed by atoms with Crippen molar-refractivity contribution in [3.8, 4) is 23.3 Å². The molecule has 0 radical (unpaired) electrons. The number of allylic oxidation sites excluding steroid dienone is 1. The molecule has 0 saturated carbocycles. The first kappa shape index (κ1) is 19.1. The lowest BCUT2D eigenvalue weighted by Crippen LogP contribution is -2.17. The molecule has 0 aromatic heterocycles. The van der Waals surface area contributed by atoms with Gasteiger partial charge < -0.3 is 14.6 Å². The van der Waals surface area contributed by atoms with Crippen molar-refractivity contribution in [1.29, 1.82) is 0 Å². The topological polar surface area (TPSA) is 41.9 Å². The molecule has 1 rings (SSSR count). The highest BCUT2D eigenvalue weighted by Crippen LogP contribution is 2.27. The van der Waals surface area contributed by atoms with Gasteiger partial charge in [-0.1, -0.05) is 24.0 Å². The molecule has 4 nitrogen and oxygen atoms in total. The maximum absolute atomic E-state index is 9.92. The molecular formula is C19H27NO3. The van der Waals surface area contributed by atoms with Gasteiger partial charge in [-0.05, 0) is 51.6 Å². The second-order valence-electron chi connectivity index (χ2n) is 6.47. The molecule has 0 aliphatic heterocycles. The number of benzene rings is 1. The number of ether oxygens (including phenoxy) is 2. The summed E-state index contributed by atoms with van der Waals surface area (Å²) in [5.41, 5.74) is 1.05. The van der Waals surface area contributed by atoms with E-state index in [1.54, 1.807) is 19.2 Å². The third kappa shape index (κ3) is 8.29. The smallest absolute Gasteiger partial charge is 0.188 e. The van der Waals surface area contributed by atoms with Crippen LogP contribution in [0.3, 0.4) is 0 Å². The zero-order valence-corrected chi connectivity index (χ0v) is 14.7. The Labute approximate surface area is 139 Å².